The van der Waals surface area contributed by atoms with E-state index in [1.807, 2.05) is 6.92 Å². The normalized spacial score (nSPS) is 16.2. The maximum absolute atomic E-state index is 12.1. The lowest BCUT2D eigenvalue weighted by Gasteiger charge is -2.15. The molecule has 2 rings (SSSR count). The van der Waals surface area contributed by atoms with Gasteiger partial charge in [-0.05, 0) is 37.5 Å². The van der Waals surface area contributed by atoms with Gasteiger partial charge in [-0.2, -0.15) is 0 Å². The highest BCUT2D eigenvalue weighted by Crippen LogP contribution is 2.33. The molecule has 5 heteroatoms. The lowest BCUT2D eigenvalue weighted by molar-refractivity contribution is 0.0938. The summed E-state index contributed by atoms with van der Waals surface area (Å²) in [7, 11) is 0. The van der Waals surface area contributed by atoms with E-state index in [1.165, 1.54) is 12.8 Å². The van der Waals surface area contributed by atoms with Gasteiger partial charge in [-0.25, -0.2) is 0 Å². The third-order valence-corrected chi connectivity index (χ3v) is 3.38. The number of nitrogens with one attached hydrogen (secondary N) is 2. The molecule has 1 fully saturated rings. The van der Waals surface area contributed by atoms with Crippen LogP contribution < -0.4 is 16.6 Å². The van der Waals surface area contributed by atoms with Crippen LogP contribution in [0.25, 0.3) is 0 Å². The second-order valence-corrected chi connectivity index (χ2v) is 5.32. The van der Waals surface area contributed by atoms with Gasteiger partial charge in [0.2, 0.25) is 0 Å². The Morgan fingerprint density at radius 3 is 2.89 bits per heavy atom. The first-order chi connectivity index (χ1) is 8.60. The van der Waals surface area contributed by atoms with Crippen LogP contribution in [-0.2, 0) is 0 Å². The lowest BCUT2D eigenvalue weighted by atomic mass is 10.1. The molecule has 1 amide bonds. The Hall–Kier alpha value is -1.26. The van der Waals surface area contributed by atoms with E-state index in [1.54, 1.807) is 18.2 Å². The Kier molecular flexibility index (Phi) is 4.09. The van der Waals surface area contributed by atoms with Crippen molar-refractivity contribution in [3.8, 4) is 0 Å². The van der Waals surface area contributed by atoms with Crippen LogP contribution >= 0.6 is 11.6 Å². The van der Waals surface area contributed by atoms with Gasteiger partial charge in [0.1, 0.15) is 0 Å². The third-order valence-electron chi connectivity index (χ3n) is 3.14. The van der Waals surface area contributed by atoms with Crippen molar-refractivity contribution >= 4 is 23.2 Å². The van der Waals surface area contributed by atoms with Gasteiger partial charge in [0.15, 0.2) is 0 Å². The molecule has 18 heavy (non-hydrogen) atoms. The molecular formula is C13H18ClN3O. The molecule has 1 saturated carbocycles. The minimum Gasteiger partial charge on any atom is -0.350 e. The maximum atomic E-state index is 12.1. The van der Waals surface area contributed by atoms with Crippen molar-refractivity contribution in [1.29, 1.82) is 0 Å². The van der Waals surface area contributed by atoms with E-state index >= 15 is 0 Å². The van der Waals surface area contributed by atoms with Crippen LogP contribution in [0.5, 0.6) is 0 Å². The first kappa shape index (κ1) is 13.2. The zero-order valence-electron chi connectivity index (χ0n) is 10.4. The van der Waals surface area contributed by atoms with Crippen molar-refractivity contribution in [2.75, 3.05) is 5.43 Å². The number of hydrazine groups is 1. The SMILES string of the molecule is CC(CC1CC1)NC(=O)c1cc(Cl)ccc1NN. The topological polar surface area (TPSA) is 67.2 Å². The summed E-state index contributed by atoms with van der Waals surface area (Å²) in [6, 6.07) is 5.19. The van der Waals surface area contributed by atoms with E-state index in [2.05, 4.69) is 10.7 Å². The molecule has 0 heterocycles. The molecule has 1 aromatic carbocycles. The third kappa shape index (κ3) is 3.37. The van der Waals surface area contributed by atoms with Crippen LogP contribution in [0, 0.1) is 5.92 Å². The molecule has 0 aliphatic heterocycles. The molecule has 4 nitrogen and oxygen atoms in total. The minimum atomic E-state index is -0.140. The molecule has 0 aromatic heterocycles. The molecule has 0 spiro atoms. The number of carbonyl (C=O) groups is 1. The summed E-state index contributed by atoms with van der Waals surface area (Å²) in [6.07, 6.45) is 3.61. The molecule has 0 radical (unpaired) electrons. The number of rotatable bonds is 5. The standard InChI is InChI=1S/C13H18ClN3O/c1-8(6-9-2-3-9)16-13(18)11-7-10(14)4-5-12(11)17-15/h4-5,7-9,17H,2-3,6,15H2,1H3,(H,16,18). The van der Waals surface area contributed by atoms with Gasteiger partial charge in [0, 0.05) is 11.1 Å². The van der Waals surface area contributed by atoms with Crippen LogP contribution in [-0.4, -0.2) is 11.9 Å². The zero-order chi connectivity index (χ0) is 13.1. The molecule has 1 atom stereocenters. The summed E-state index contributed by atoms with van der Waals surface area (Å²) in [5.74, 6) is 6.03. The van der Waals surface area contributed by atoms with E-state index in [0.29, 0.717) is 16.3 Å². The van der Waals surface area contributed by atoms with E-state index in [0.717, 1.165) is 12.3 Å². The lowest BCUT2D eigenvalue weighted by Crippen LogP contribution is -2.33. The van der Waals surface area contributed by atoms with E-state index in [9.17, 15) is 4.79 Å². The Labute approximate surface area is 112 Å². The highest BCUT2D eigenvalue weighted by atomic mass is 35.5. The number of amides is 1. The fraction of sp³-hybridized carbons (Fsp3) is 0.462. The monoisotopic (exact) mass is 267 g/mol. The Morgan fingerprint density at radius 2 is 2.28 bits per heavy atom. The van der Waals surface area contributed by atoms with Gasteiger partial charge in [-0.1, -0.05) is 24.4 Å². The van der Waals surface area contributed by atoms with Gasteiger partial charge in [0.25, 0.3) is 5.91 Å². The molecule has 1 aromatic rings. The average Bonchev–Trinajstić information content (AvgIpc) is 3.12. The quantitative estimate of drug-likeness (QED) is 0.567. The van der Waals surface area contributed by atoms with Crippen LogP contribution in [0.15, 0.2) is 18.2 Å². The number of hydrogen-bond donors (Lipinski definition) is 3. The smallest absolute Gasteiger partial charge is 0.253 e. The average molecular weight is 268 g/mol. The van der Waals surface area contributed by atoms with Crippen molar-refractivity contribution in [1.82, 2.24) is 5.32 Å². The molecule has 0 saturated heterocycles. The van der Waals surface area contributed by atoms with Crippen LogP contribution in [0.2, 0.25) is 5.02 Å². The Balaban J connectivity index is 2.04. The summed E-state index contributed by atoms with van der Waals surface area (Å²) >= 11 is 5.90. The van der Waals surface area contributed by atoms with Gasteiger partial charge in [-0.15, -0.1) is 0 Å². The summed E-state index contributed by atoms with van der Waals surface area (Å²) in [5.41, 5.74) is 3.57. The van der Waals surface area contributed by atoms with Gasteiger partial charge < -0.3 is 10.7 Å². The predicted octanol–water partition coefficient (Wildman–Crippen LogP) is 2.54. The highest BCUT2D eigenvalue weighted by Gasteiger charge is 2.24. The van der Waals surface area contributed by atoms with Crippen molar-refractivity contribution in [3.05, 3.63) is 28.8 Å². The zero-order valence-corrected chi connectivity index (χ0v) is 11.1. The maximum Gasteiger partial charge on any atom is 0.253 e. The molecule has 0 bridgehead atoms. The summed E-state index contributed by atoms with van der Waals surface area (Å²) in [4.78, 5) is 12.1. The molecule has 4 N–H and O–H groups in total. The Morgan fingerprint density at radius 1 is 1.56 bits per heavy atom. The number of nitrogens with two attached hydrogens (primary N) is 1. The second-order valence-electron chi connectivity index (χ2n) is 4.89. The Bertz CT molecular complexity index is 446. The van der Waals surface area contributed by atoms with Gasteiger partial charge in [-0.3, -0.25) is 10.6 Å². The first-order valence-electron chi connectivity index (χ1n) is 6.17. The summed E-state index contributed by atoms with van der Waals surface area (Å²) in [5, 5.41) is 3.50. The molecular weight excluding hydrogens is 250 g/mol. The number of benzene rings is 1. The van der Waals surface area contributed by atoms with Crippen LogP contribution in [0.1, 0.15) is 36.5 Å². The predicted molar refractivity (Wildman–Crippen MR) is 73.5 cm³/mol. The number of anilines is 1. The number of nitrogen functional groups attached to an aromatic ring is 1. The van der Waals surface area contributed by atoms with Gasteiger partial charge >= 0.3 is 0 Å². The fourth-order valence-corrected chi connectivity index (χ4v) is 2.22. The number of hydrogen-bond acceptors (Lipinski definition) is 3. The van der Waals surface area contributed by atoms with Crippen LogP contribution in [0.3, 0.4) is 0 Å². The van der Waals surface area contributed by atoms with E-state index in [4.69, 9.17) is 17.4 Å². The summed E-state index contributed by atoms with van der Waals surface area (Å²) in [6.45, 7) is 2.02. The number of carbonyl (C=O) groups excluding carboxylic acids is 1. The van der Waals surface area contributed by atoms with E-state index < -0.39 is 0 Å². The van der Waals surface area contributed by atoms with Crippen LogP contribution in [0.4, 0.5) is 5.69 Å². The minimum absolute atomic E-state index is 0.140. The van der Waals surface area contributed by atoms with Crippen molar-refractivity contribution in [3.63, 3.8) is 0 Å². The molecule has 1 aliphatic rings. The first-order valence-corrected chi connectivity index (χ1v) is 6.55. The second kappa shape index (κ2) is 5.59. The van der Waals surface area contributed by atoms with Crippen molar-refractivity contribution < 1.29 is 4.79 Å². The van der Waals surface area contributed by atoms with Crippen molar-refractivity contribution in [2.24, 2.45) is 11.8 Å². The highest BCUT2D eigenvalue weighted by molar-refractivity contribution is 6.31. The molecule has 1 unspecified atom stereocenters. The molecule has 98 valence electrons. The molecule has 1 aliphatic carbocycles. The number of halogens is 1. The largest absolute Gasteiger partial charge is 0.350 e. The fourth-order valence-electron chi connectivity index (χ4n) is 2.04. The van der Waals surface area contributed by atoms with E-state index in [-0.39, 0.29) is 11.9 Å². The summed E-state index contributed by atoms with van der Waals surface area (Å²) < 4.78 is 0. The van der Waals surface area contributed by atoms with Crippen molar-refractivity contribution in [2.45, 2.75) is 32.2 Å². The van der Waals surface area contributed by atoms with Gasteiger partial charge in [0.05, 0.1) is 11.3 Å².